The van der Waals surface area contributed by atoms with Gasteiger partial charge in [0.15, 0.2) is 0 Å². The van der Waals surface area contributed by atoms with Gasteiger partial charge in [0.05, 0.1) is 19.9 Å². The van der Waals surface area contributed by atoms with E-state index in [9.17, 15) is 9.18 Å². The number of carbonyl (C=O) groups excluding carboxylic acids is 1. The summed E-state index contributed by atoms with van der Waals surface area (Å²) in [6.45, 7) is 3.11. The number of halogens is 1. The number of nitrogens with one attached hydrogen (secondary N) is 1. The van der Waals surface area contributed by atoms with Gasteiger partial charge in [-0.3, -0.25) is 4.90 Å². The number of benzene rings is 2. The molecular weight excluding hydrogens is 349 g/mol. The molecule has 0 spiro atoms. The highest BCUT2D eigenvalue weighted by molar-refractivity contribution is 5.91. The third-order valence-electron chi connectivity index (χ3n) is 4.66. The number of hydrogen-bond donors (Lipinski definition) is 1. The minimum absolute atomic E-state index is 0.177. The summed E-state index contributed by atoms with van der Waals surface area (Å²) in [5, 5.41) is 2.88. The summed E-state index contributed by atoms with van der Waals surface area (Å²) in [5.41, 5.74) is 1.27. The van der Waals surface area contributed by atoms with Crippen molar-refractivity contribution in [1.82, 2.24) is 9.80 Å². The van der Waals surface area contributed by atoms with Crippen molar-refractivity contribution in [2.75, 3.05) is 45.7 Å². The van der Waals surface area contributed by atoms with Crippen molar-refractivity contribution < 1.29 is 18.7 Å². The first-order chi connectivity index (χ1) is 13.1. The average molecular weight is 373 g/mol. The third kappa shape index (κ3) is 4.68. The van der Waals surface area contributed by atoms with E-state index in [0.717, 1.165) is 0 Å². The predicted octanol–water partition coefficient (Wildman–Crippen LogP) is 3.19. The van der Waals surface area contributed by atoms with Crippen LogP contribution in [0.3, 0.4) is 0 Å². The van der Waals surface area contributed by atoms with E-state index in [4.69, 9.17) is 9.47 Å². The highest BCUT2D eigenvalue weighted by Gasteiger charge is 2.22. The molecule has 27 heavy (non-hydrogen) atoms. The van der Waals surface area contributed by atoms with Gasteiger partial charge >= 0.3 is 6.03 Å². The molecule has 0 saturated carbocycles. The quantitative estimate of drug-likeness (QED) is 0.875. The SMILES string of the molecule is COc1ccc(NC(=O)N2CCN(Cc3ccccc3F)CC2)c(OC)c1. The Labute approximate surface area is 158 Å². The van der Waals surface area contributed by atoms with Crippen LogP contribution < -0.4 is 14.8 Å². The number of hydrogen-bond acceptors (Lipinski definition) is 4. The predicted molar refractivity (Wildman–Crippen MR) is 102 cm³/mol. The molecule has 3 rings (SSSR count). The lowest BCUT2D eigenvalue weighted by atomic mass is 10.2. The van der Waals surface area contributed by atoms with Crippen molar-refractivity contribution in [1.29, 1.82) is 0 Å². The molecule has 0 radical (unpaired) electrons. The molecule has 0 atom stereocenters. The van der Waals surface area contributed by atoms with E-state index in [1.807, 2.05) is 6.07 Å². The van der Waals surface area contributed by atoms with Gasteiger partial charge in [0.25, 0.3) is 0 Å². The lowest BCUT2D eigenvalue weighted by Gasteiger charge is -2.34. The number of piperazine rings is 1. The van der Waals surface area contributed by atoms with Crippen LogP contribution in [0.25, 0.3) is 0 Å². The maximum absolute atomic E-state index is 13.8. The molecule has 0 bridgehead atoms. The molecule has 2 aromatic carbocycles. The number of methoxy groups -OCH3 is 2. The number of amides is 2. The Balaban J connectivity index is 1.55. The zero-order valence-corrected chi connectivity index (χ0v) is 15.6. The third-order valence-corrected chi connectivity index (χ3v) is 4.66. The van der Waals surface area contributed by atoms with Crippen LogP contribution in [-0.2, 0) is 6.54 Å². The highest BCUT2D eigenvalue weighted by Crippen LogP contribution is 2.29. The van der Waals surface area contributed by atoms with Gasteiger partial charge in [-0.05, 0) is 18.2 Å². The summed E-state index contributed by atoms with van der Waals surface area (Å²) < 4.78 is 24.3. The van der Waals surface area contributed by atoms with Crippen LogP contribution in [0.2, 0.25) is 0 Å². The minimum atomic E-state index is -0.190. The summed E-state index contributed by atoms with van der Waals surface area (Å²) in [7, 11) is 3.12. The summed E-state index contributed by atoms with van der Waals surface area (Å²) in [5.74, 6) is 1.01. The number of anilines is 1. The first kappa shape index (κ1) is 19.0. The highest BCUT2D eigenvalue weighted by atomic mass is 19.1. The van der Waals surface area contributed by atoms with E-state index in [1.165, 1.54) is 6.07 Å². The first-order valence-corrected chi connectivity index (χ1v) is 8.84. The molecule has 0 aliphatic carbocycles. The molecule has 0 aromatic heterocycles. The number of ether oxygens (including phenoxy) is 2. The summed E-state index contributed by atoms with van der Waals surface area (Å²) in [6.07, 6.45) is 0. The van der Waals surface area contributed by atoms with E-state index >= 15 is 0 Å². The fourth-order valence-corrected chi connectivity index (χ4v) is 3.07. The second kappa shape index (κ2) is 8.73. The first-order valence-electron chi connectivity index (χ1n) is 8.84. The average Bonchev–Trinajstić information content (AvgIpc) is 2.70. The molecule has 1 aliphatic heterocycles. The molecular formula is C20H24FN3O3. The van der Waals surface area contributed by atoms with E-state index in [0.29, 0.717) is 55.5 Å². The van der Waals surface area contributed by atoms with Crippen molar-refractivity contribution in [3.8, 4) is 11.5 Å². The number of nitrogens with zero attached hydrogens (tertiary/aromatic N) is 2. The van der Waals surface area contributed by atoms with Crippen LogP contribution in [-0.4, -0.2) is 56.2 Å². The monoisotopic (exact) mass is 373 g/mol. The van der Waals surface area contributed by atoms with Crippen LogP contribution in [0.15, 0.2) is 42.5 Å². The molecule has 2 aromatic rings. The van der Waals surface area contributed by atoms with Gasteiger partial charge in [-0.1, -0.05) is 18.2 Å². The molecule has 1 saturated heterocycles. The topological polar surface area (TPSA) is 54.0 Å². The second-order valence-electron chi connectivity index (χ2n) is 6.35. The van der Waals surface area contributed by atoms with Crippen molar-refractivity contribution in [3.05, 3.63) is 53.8 Å². The molecule has 1 aliphatic rings. The summed E-state index contributed by atoms with van der Waals surface area (Å²) >= 11 is 0. The molecule has 7 heteroatoms. The molecule has 1 fully saturated rings. The fourth-order valence-electron chi connectivity index (χ4n) is 3.07. The smallest absolute Gasteiger partial charge is 0.322 e. The molecule has 1 heterocycles. The lowest BCUT2D eigenvalue weighted by Crippen LogP contribution is -2.49. The van der Waals surface area contributed by atoms with Crippen LogP contribution in [0, 0.1) is 5.82 Å². The molecule has 0 unspecified atom stereocenters. The standard InChI is InChI=1S/C20H24FN3O3/c1-26-16-7-8-18(19(13-16)27-2)22-20(25)24-11-9-23(10-12-24)14-15-5-3-4-6-17(15)21/h3-8,13H,9-12,14H2,1-2H3,(H,22,25). The lowest BCUT2D eigenvalue weighted by molar-refractivity contribution is 0.142. The van der Waals surface area contributed by atoms with Gasteiger partial charge in [0.2, 0.25) is 0 Å². The number of urea groups is 1. The zero-order valence-electron chi connectivity index (χ0n) is 15.6. The van der Waals surface area contributed by atoms with Gasteiger partial charge in [0.1, 0.15) is 17.3 Å². The van der Waals surface area contributed by atoms with Gasteiger partial charge in [-0.25, -0.2) is 9.18 Å². The van der Waals surface area contributed by atoms with E-state index in [-0.39, 0.29) is 11.8 Å². The Kier molecular flexibility index (Phi) is 6.13. The van der Waals surface area contributed by atoms with Crippen molar-refractivity contribution in [2.45, 2.75) is 6.54 Å². The van der Waals surface area contributed by atoms with Gasteiger partial charge in [-0.2, -0.15) is 0 Å². The van der Waals surface area contributed by atoms with Crippen molar-refractivity contribution in [3.63, 3.8) is 0 Å². The maximum atomic E-state index is 13.8. The van der Waals surface area contributed by atoms with Crippen LogP contribution in [0.1, 0.15) is 5.56 Å². The second-order valence-corrected chi connectivity index (χ2v) is 6.35. The van der Waals surface area contributed by atoms with Crippen LogP contribution >= 0.6 is 0 Å². The fraction of sp³-hybridized carbons (Fsp3) is 0.350. The van der Waals surface area contributed by atoms with E-state index < -0.39 is 0 Å². The Bertz CT molecular complexity index is 792. The van der Waals surface area contributed by atoms with Gasteiger partial charge in [-0.15, -0.1) is 0 Å². The minimum Gasteiger partial charge on any atom is -0.497 e. The maximum Gasteiger partial charge on any atom is 0.322 e. The summed E-state index contributed by atoms with van der Waals surface area (Å²) in [6, 6.07) is 11.9. The van der Waals surface area contributed by atoms with Crippen molar-refractivity contribution >= 4 is 11.7 Å². The molecule has 6 nitrogen and oxygen atoms in total. The molecule has 2 amide bonds. The largest absolute Gasteiger partial charge is 0.497 e. The molecule has 1 N–H and O–H groups in total. The van der Waals surface area contributed by atoms with Crippen molar-refractivity contribution in [2.24, 2.45) is 0 Å². The zero-order chi connectivity index (χ0) is 19.2. The van der Waals surface area contributed by atoms with Gasteiger partial charge < -0.3 is 19.7 Å². The normalized spacial score (nSPS) is 14.7. The Morgan fingerprint density at radius 2 is 1.81 bits per heavy atom. The Hall–Kier alpha value is -2.80. The van der Waals surface area contributed by atoms with Crippen LogP contribution in [0.5, 0.6) is 11.5 Å². The van der Waals surface area contributed by atoms with E-state index in [1.54, 1.807) is 49.5 Å². The molecule has 144 valence electrons. The van der Waals surface area contributed by atoms with Gasteiger partial charge in [0, 0.05) is 44.4 Å². The van der Waals surface area contributed by atoms with Crippen LogP contribution in [0.4, 0.5) is 14.9 Å². The van der Waals surface area contributed by atoms with E-state index in [2.05, 4.69) is 10.2 Å². The number of rotatable bonds is 5. The Morgan fingerprint density at radius 3 is 2.48 bits per heavy atom. The Morgan fingerprint density at radius 1 is 1.07 bits per heavy atom. The summed E-state index contributed by atoms with van der Waals surface area (Å²) in [4.78, 5) is 16.5. The number of carbonyl (C=O) groups is 1.